The molecule has 0 saturated carbocycles. The lowest BCUT2D eigenvalue weighted by atomic mass is 10.1. The summed E-state index contributed by atoms with van der Waals surface area (Å²) in [7, 11) is 0. The Morgan fingerprint density at radius 3 is 2.47 bits per heavy atom. The van der Waals surface area contributed by atoms with Crippen molar-refractivity contribution in [3.05, 3.63) is 58.4 Å². The monoisotopic (exact) mass is 260 g/mol. The van der Waals surface area contributed by atoms with Crippen LogP contribution in [-0.4, -0.2) is 26.5 Å². The van der Waals surface area contributed by atoms with Crippen molar-refractivity contribution in [1.82, 2.24) is 9.97 Å². The molecule has 0 bridgehead atoms. The van der Waals surface area contributed by atoms with Gasteiger partial charge in [0.15, 0.2) is 0 Å². The van der Waals surface area contributed by atoms with E-state index in [0.717, 1.165) is 0 Å². The number of non-ortho nitro benzene ring substituents is 1. The smallest absolute Gasteiger partial charge is 0.269 e. The maximum Gasteiger partial charge on any atom is 0.269 e. The molecule has 0 aliphatic heterocycles. The van der Waals surface area contributed by atoms with Gasteiger partial charge in [0.2, 0.25) is 5.95 Å². The summed E-state index contributed by atoms with van der Waals surface area (Å²) in [6.07, 6.45) is 2.39. The summed E-state index contributed by atoms with van der Waals surface area (Å²) in [5.74, 6) is 0.420. The number of hydrogen-bond acceptors (Lipinski definition) is 6. The van der Waals surface area contributed by atoms with Crippen molar-refractivity contribution < 1.29 is 10.0 Å². The molecule has 1 unspecified atom stereocenters. The Balaban J connectivity index is 1.96. The van der Waals surface area contributed by atoms with Gasteiger partial charge in [0.05, 0.1) is 11.0 Å². The fraction of sp³-hybridized carbons (Fsp3) is 0.167. The molecule has 0 radical (unpaired) electrons. The van der Waals surface area contributed by atoms with Crippen LogP contribution in [0.3, 0.4) is 0 Å². The van der Waals surface area contributed by atoms with E-state index in [0.29, 0.717) is 11.5 Å². The highest BCUT2D eigenvalue weighted by Crippen LogP contribution is 2.17. The molecule has 0 aliphatic rings. The highest BCUT2D eigenvalue weighted by atomic mass is 16.6. The first-order valence-electron chi connectivity index (χ1n) is 5.60. The molecule has 7 nitrogen and oxygen atoms in total. The first-order valence-corrected chi connectivity index (χ1v) is 5.60. The zero-order valence-corrected chi connectivity index (χ0v) is 9.93. The summed E-state index contributed by atoms with van der Waals surface area (Å²) in [6, 6.07) is 7.46. The van der Waals surface area contributed by atoms with Gasteiger partial charge in [-0.15, -0.1) is 0 Å². The molecule has 2 N–H and O–H groups in total. The molecule has 0 spiro atoms. The molecule has 0 aliphatic carbocycles. The van der Waals surface area contributed by atoms with Crippen LogP contribution in [0.25, 0.3) is 0 Å². The lowest BCUT2D eigenvalue weighted by molar-refractivity contribution is -0.384. The lowest BCUT2D eigenvalue weighted by Crippen LogP contribution is -2.13. The first kappa shape index (κ1) is 12.9. The molecule has 98 valence electrons. The molecule has 1 aromatic carbocycles. The van der Waals surface area contributed by atoms with Crippen LogP contribution in [0.2, 0.25) is 0 Å². The van der Waals surface area contributed by atoms with E-state index < -0.39 is 11.0 Å². The summed E-state index contributed by atoms with van der Waals surface area (Å²) < 4.78 is 0. The van der Waals surface area contributed by atoms with Crippen LogP contribution < -0.4 is 5.32 Å². The van der Waals surface area contributed by atoms with E-state index in [4.69, 9.17) is 0 Å². The zero-order valence-electron chi connectivity index (χ0n) is 9.93. The van der Waals surface area contributed by atoms with Crippen molar-refractivity contribution >= 4 is 11.6 Å². The minimum Gasteiger partial charge on any atom is -0.387 e. The van der Waals surface area contributed by atoms with Gasteiger partial charge in [-0.1, -0.05) is 0 Å². The van der Waals surface area contributed by atoms with E-state index in [-0.39, 0.29) is 12.2 Å². The van der Waals surface area contributed by atoms with Crippen molar-refractivity contribution in [3.63, 3.8) is 0 Å². The minimum absolute atomic E-state index is 0.00435. The number of aliphatic hydroxyl groups is 1. The maximum atomic E-state index is 10.5. The van der Waals surface area contributed by atoms with E-state index in [1.165, 1.54) is 24.3 Å². The Bertz CT molecular complexity index is 545. The molecule has 7 heteroatoms. The Hall–Kier alpha value is -2.54. The number of anilines is 1. The molecule has 19 heavy (non-hydrogen) atoms. The van der Waals surface area contributed by atoms with Gasteiger partial charge in [-0.2, -0.15) is 0 Å². The lowest BCUT2D eigenvalue weighted by Gasteiger charge is -2.11. The van der Waals surface area contributed by atoms with Gasteiger partial charge in [-0.3, -0.25) is 10.1 Å². The van der Waals surface area contributed by atoms with Crippen molar-refractivity contribution in [1.29, 1.82) is 0 Å². The molecule has 0 amide bonds. The van der Waals surface area contributed by atoms with Gasteiger partial charge in [0.25, 0.3) is 5.69 Å². The average Bonchev–Trinajstić information content (AvgIpc) is 2.46. The third-order valence-corrected chi connectivity index (χ3v) is 2.51. The quantitative estimate of drug-likeness (QED) is 0.624. The third-order valence-electron chi connectivity index (χ3n) is 2.51. The van der Waals surface area contributed by atoms with E-state index in [2.05, 4.69) is 15.3 Å². The van der Waals surface area contributed by atoms with Crippen LogP contribution in [0.4, 0.5) is 11.6 Å². The van der Waals surface area contributed by atoms with Gasteiger partial charge in [-0.25, -0.2) is 9.97 Å². The molecule has 2 rings (SSSR count). The highest BCUT2D eigenvalue weighted by Gasteiger charge is 2.10. The van der Waals surface area contributed by atoms with Gasteiger partial charge in [-0.05, 0) is 23.8 Å². The predicted octanol–water partition coefficient (Wildman–Crippen LogP) is 1.53. The van der Waals surface area contributed by atoms with Crippen LogP contribution >= 0.6 is 0 Å². The molecule has 1 aromatic heterocycles. The fourth-order valence-electron chi connectivity index (χ4n) is 1.51. The van der Waals surface area contributed by atoms with Gasteiger partial charge >= 0.3 is 0 Å². The fourth-order valence-corrected chi connectivity index (χ4v) is 1.51. The Kier molecular flexibility index (Phi) is 3.99. The van der Waals surface area contributed by atoms with Crippen molar-refractivity contribution in [2.24, 2.45) is 0 Å². The van der Waals surface area contributed by atoms with Gasteiger partial charge in [0.1, 0.15) is 0 Å². The number of rotatable bonds is 5. The summed E-state index contributed by atoms with van der Waals surface area (Å²) >= 11 is 0. The summed E-state index contributed by atoms with van der Waals surface area (Å²) in [6.45, 7) is 0.224. The highest BCUT2D eigenvalue weighted by molar-refractivity contribution is 5.34. The molecule has 1 heterocycles. The normalized spacial score (nSPS) is 11.8. The largest absolute Gasteiger partial charge is 0.387 e. The molecule has 1 atom stereocenters. The molecular weight excluding hydrogens is 248 g/mol. The summed E-state index contributed by atoms with van der Waals surface area (Å²) in [4.78, 5) is 17.9. The molecule has 0 saturated heterocycles. The Labute approximate surface area is 109 Å². The molecular formula is C12H12N4O3. The van der Waals surface area contributed by atoms with Crippen molar-refractivity contribution in [2.45, 2.75) is 6.10 Å². The van der Waals surface area contributed by atoms with Gasteiger partial charge < -0.3 is 10.4 Å². The van der Waals surface area contributed by atoms with Crippen molar-refractivity contribution in [2.75, 3.05) is 11.9 Å². The average molecular weight is 260 g/mol. The number of aromatic nitrogens is 2. The maximum absolute atomic E-state index is 10.5. The van der Waals surface area contributed by atoms with Crippen LogP contribution in [-0.2, 0) is 0 Å². The zero-order chi connectivity index (χ0) is 13.7. The predicted molar refractivity (Wildman–Crippen MR) is 68.6 cm³/mol. The van der Waals surface area contributed by atoms with E-state index in [9.17, 15) is 15.2 Å². The third kappa shape index (κ3) is 3.46. The number of nitrogens with zero attached hydrogens (tertiary/aromatic N) is 3. The van der Waals surface area contributed by atoms with Crippen LogP contribution in [0.15, 0.2) is 42.7 Å². The number of nitro groups is 1. The first-order chi connectivity index (χ1) is 9.16. The standard InChI is InChI=1S/C12H12N4O3/c17-11(8-15-12-13-6-1-7-14-12)9-2-4-10(5-3-9)16(18)19/h1-7,11,17H,8H2,(H,13,14,15). The number of benzene rings is 1. The second-order valence-corrected chi connectivity index (χ2v) is 3.82. The number of nitrogens with one attached hydrogen (secondary N) is 1. The number of nitro benzene ring substituents is 1. The van der Waals surface area contributed by atoms with Crippen LogP contribution in [0.1, 0.15) is 11.7 Å². The van der Waals surface area contributed by atoms with Gasteiger partial charge in [0, 0.05) is 31.1 Å². The Morgan fingerprint density at radius 2 is 1.89 bits per heavy atom. The summed E-state index contributed by atoms with van der Waals surface area (Å²) in [5, 5.41) is 23.3. The minimum atomic E-state index is -0.787. The second kappa shape index (κ2) is 5.87. The van der Waals surface area contributed by atoms with Crippen LogP contribution in [0.5, 0.6) is 0 Å². The van der Waals surface area contributed by atoms with Crippen LogP contribution in [0, 0.1) is 10.1 Å². The molecule has 2 aromatic rings. The number of hydrogen-bond donors (Lipinski definition) is 2. The second-order valence-electron chi connectivity index (χ2n) is 3.82. The van der Waals surface area contributed by atoms with E-state index >= 15 is 0 Å². The summed E-state index contributed by atoms with van der Waals surface area (Å²) in [5.41, 5.74) is 0.587. The molecule has 0 fully saturated rings. The Morgan fingerprint density at radius 1 is 1.26 bits per heavy atom. The SMILES string of the molecule is O=[N+]([O-])c1ccc(C(O)CNc2ncccn2)cc1. The number of aliphatic hydroxyl groups excluding tert-OH is 1. The van der Waals surface area contributed by atoms with E-state index in [1.54, 1.807) is 18.5 Å². The van der Waals surface area contributed by atoms with Crippen molar-refractivity contribution in [3.8, 4) is 0 Å². The van der Waals surface area contributed by atoms with E-state index in [1.807, 2.05) is 0 Å². The topological polar surface area (TPSA) is 101 Å².